The summed E-state index contributed by atoms with van der Waals surface area (Å²) >= 11 is 2.20. The minimum Gasteiger partial charge on any atom is -0.459 e. The number of hydrogen-bond acceptors (Lipinski definition) is 7. The Kier molecular flexibility index (Phi) is 6.23. The molecule has 29 heavy (non-hydrogen) atoms. The highest BCUT2D eigenvalue weighted by Crippen LogP contribution is 2.34. The number of primary amides is 1. The first-order valence-electron chi connectivity index (χ1n) is 8.77. The number of rotatable bonds is 7. The third kappa shape index (κ3) is 4.77. The number of aromatic amines is 1. The largest absolute Gasteiger partial charge is 0.459 e. The summed E-state index contributed by atoms with van der Waals surface area (Å²) in [6.07, 6.45) is -0.342. The van der Waals surface area contributed by atoms with Gasteiger partial charge >= 0.3 is 5.97 Å². The Hall–Kier alpha value is -2.85. The molecule has 1 aromatic carbocycles. The molecule has 4 N–H and O–H groups in total. The lowest BCUT2D eigenvalue weighted by atomic mass is 10.1. The molecule has 2 aromatic heterocycles. The molecular weight excluding hydrogens is 412 g/mol. The summed E-state index contributed by atoms with van der Waals surface area (Å²) in [5.74, 6) is -1.54. The van der Waals surface area contributed by atoms with Gasteiger partial charge in [0, 0.05) is 0 Å². The van der Waals surface area contributed by atoms with Gasteiger partial charge in [-0.05, 0) is 38.5 Å². The lowest BCUT2D eigenvalue weighted by molar-refractivity contribution is -0.113. The molecule has 0 atom stereocenters. The summed E-state index contributed by atoms with van der Waals surface area (Å²) < 4.78 is 5.24. The minimum atomic E-state index is -0.664. The Morgan fingerprint density at radius 1 is 1.31 bits per heavy atom. The number of carbonyl (C=O) groups is 3. The van der Waals surface area contributed by atoms with Gasteiger partial charge in [-0.3, -0.25) is 9.59 Å². The van der Waals surface area contributed by atoms with Crippen molar-refractivity contribution in [3.05, 3.63) is 40.3 Å². The summed E-state index contributed by atoms with van der Waals surface area (Å²) in [4.78, 5) is 44.3. The second kappa shape index (κ2) is 8.66. The Balaban J connectivity index is 1.75. The summed E-state index contributed by atoms with van der Waals surface area (Å²) in [5.41, 5.74) is 7.64. The van der Waals surface area contributed by atoms with Crippen molar-refractivity contribution in [2.75, 3.05) is 11.1 Å². The van der Waals surface area contributed by atoms with Crippen molar-refractivity contribution < 1.29 is 19.1 Å². The summed E-state index contributed by atoms with van der Waals surface area (Å²) in [7, 11) is 0. The number of H-pyrrole nitrogens is 1. The van der Waals surface area contributed by atoms with E-state index in [-0.39, 0.29) is 33.2 Å². The van der Waals surface area contributed by atoms with Crippen LogP contribution < -0.4 is 11.1 Å². The molecule has 10 heteroatoms. The number of thioether (sulfide) groups is 1. The quantitative estimate of drug-likeness (QED) is 0.388. The van der Waals surface area contributed by atoms with Crippen LogP contribution in [0.3, 0.4) is 0 Å². The average Bonchev–Trinajstić information content (AvgIpc) is 3.20. The number of aromatic nitrogens is 2. The van der Waals surface area contributed by atoms with Crippen LogP contribution in [-0.2, 0) is 9.53 Å². The first kappa shape index (κ1) is 20.9. The molecule has 0 bridgehead atoms. The number of imidazole rings is 1. The third-order valence-electron chi connectivity index (χ3n) is 3.88. The minimum absolute atomic E-state index is 0.0708. The van der Waals surface area contributed by atoms with Crippen molar-refractivity contribution in [1.82, 2.24) is 9.97 Å². The van der Waals surface area contributed by atoms with E-state index in [4.69, 9.17) is 10.5 Å². The van der Waals surface area contributed by atoms with Gasteiger partial charge in [-0.15, -0.1) is 11.3 Å². The monoisotopic (exact) mass is 432 g/mol. The maximum atomic E-state index is 12.5. The van der Waals surface area contributed by atoms with Crippen LogP contribution in [0.25, 0.3) is 11.0 Å². The second-order valence-corrected chi connectivity index (χ2v) is 8.46. The molecule has 3 rings (SSSR count). The van der Waals surface area contributed by atoms with E-state index in [9.17, 15) is 14.4 Å². The number of para-hydroxylation sites is 2. The summed E-state index contributed by atoms with van der Waals surface area (Å²) in [6.45, 7) is 5.04. The molecule has 0 aliphatic carbocycles. The normalized spacial score (nSPS) is 11.0. The number of carbonyl (C=O) groups excluding carboxylic acids is 3. The molecule has 0 saturated heterocycles. The van der Waals surface area contributed by atoms with Crippen LogP contribution in [0.2, 0.25) is 0 Å². The van der Waals surface area contributed by atoms with Crippen molar-refractivity contribution >= 4 is 56.9 Å². The van der Waals surface area contributed by atoms with Gasteiger partial charge in [0.05, 0.1) is 33.3 Å². The number of ether oxygens (including phenoxy) is 1. The molecule has 0 aliphatic rings. The van der Waals surface area contributed by atoms with Gasteiger partial charge < -0.3 is 20.8 Å². The second-order valence-electron chi connectivity index (χ2n) is 6.47. The summed E-state index contributed by atoms with van der Waals surface area (Å²) in [5, 5.41) is 3.55. The molecule has 3 aromatic rings. The van der Waals surface area contributed by atoms with Crippen LogP contribution in [0.1, 0.15) is 39.4 Å². The number of nitrogens with one attached hydrogen (secondary N) is 2. The molecule has 152 valence electrons. The van der Waals surface area contributed by atoms with E-state index in [1.807, 2.05) is 24.3 Å². The first-order chi connectivity index (χ1) is 13.8. The van der Waals surface area contributed by atoms with Crippen molar-refractivity contribution in [2.45, 2.75) is 32.0 Å². The molecule has 0 spiro atoms. The molecule has 0 aliphatic heterocycles. The zero-order chi connectivity index (χ0) is 21.1. The van der Waals surface area contributed by atoms with Crippen LogP contribution in [0.4, 0.5) is 5.00 Å². The average molecular weight is 433 g/mol. The smallest absolute Gasteiger partial charge is 0.341 e. The molecule has 8 nitrogen and oxygen atoms in total. The molecule has 0 radical (unpaired) electrons. The Morgan fingerprint density at radius 2 is 2.03 bits per heavy atom. The fraction of sp³-hybridized carbons (Fsp3) is 0.263. The van der Waals surface area contributed by atoms with Gasteiger partial charge in [0.25, 0.3) is 5.91 Å². The Labute approximate surface area is 175 Å². The number of thiophene rings is 1. The number of hydrogen-bond donors (Lipinski definition) is 3. The van der Waals surface area contributed by atoms with Crippen LogP contribution in [0, 0.1) is 6.92 Å². The van der Waals surface area contributed by atoms with Crippen LogP contribution >= 0.6 is 23.1 Å². The van der Waals surface area contributed by atoms with E-state index < -0.39 is 11.9 Å². The highest BCUT2D eigenvalue weighted by molar-refractivity contribution is 7.99. The number of benzene rings is 1. The number of anilines is 1. The Morgan fingerprint density at radius 3 is 2.69 bits per heavy atom. The highest BCUT2D eigenvalue weighted by atomic mass is 32.2. The van der Waals surface area contributed by atoms with E-state index in [1.165, 1.54) is 11.8 Å². The van der Waals surface area contributed by atoms with Gasteiger partial charge in [-0.1, -0.05) is 23.9 Å². The predicted molar refractivity (Wildman–Crippen MR) is 114 cm³/mol. The van der Waals surface area contributed by atoms with E-state index in [1.54, 1.807) is 20.8 Å². The van der Waals surface area contributed by atoms with Crippen molar-refractivity contribution in [3.63, 3.8) is 0 Å². The fourth-order valence-electron chi connectivity index (χ4n) is 2.65. The lowest BCUT2D eigenvalue weighted by Crippen LogP contribution is -2.18. The zero-order valence-electron chi connectivity index (χ0n) is 16.1. The van der Waals surface area contributed by atoms with Gasteiger partial charge in [-0.2, -0.15) is 0 Å². The molecule has 0 saturated carbocycles. The zero-order valence-corrected chi connectivity index (χ0v) is 17.7. The number of nitrogens with two attached hydrogens (primary N) is 1. The number of fused-ring (bicyclic) bond motifs is 1. The SMILES string of the molecule is Cc1c(C(N)=O)sc(NC(=O)CSc2nc3ccccc3[nH]2)c1C(=O)OC(C)C. The van der Waals surface area contributed by atoms with Gasteiger partial charge in [-0.25, -0.2) is 9.78 Å². The molecular formula is C19H20N4O4S2. The van der Waals surface area contributed by atoms with Gasteiger partial charge in [0.1, 0.15) is 5.00 Å². The fourth-order valence-corrected chi connectivity index (χ4v) is 4.40. The standard InChI is InChI=1S/C19H20N4O4S2/c1-9(2)27-18(26)14-10(3)15(16(20)25)29-17(14)23-13(24)8-28-19-21-11-6-4-5-7-12(11)22-19/h4-7,9H,8H2,1-3H3,(H2,20,25)(H,21,22)(H,23,24). The lowest BCUT2D eigenvalue weighted by Gasteiger charge is -2.10. The summed E-state index contributed by atoms with van der Waals surface area (Å²) in [6, 6.07) is 7.56. The van der Waals surface area contributed by atoms with Crippen LogP contribution in [0.5, 0.6) is 0 Å². The molecule has 0 fully saturated rings. The van der Waals surface area contributed by atoms with E-state index >= 15 is 0 Å². The van der Waals surface area contributed by atoms with Crippen molar-refractivity contribution in [1.29, 1.82) is 0 Å². The van der Waals surface area contributed by atoms with Crippen molar-refractivity contribution in [2.24, 2.45) is 5.73 Å². The van der Waals surface area contributed by atoms with E-state index in [0.717, 1.165) is 22.4 Å². The third-order valence-corrected chi connectivity index (χ3v) is 5.97. The molecule has 2 amide bonds. The molecule has 2 heterocycles. The highest BCUT2D eigenvalue weighted by Gasteiger charge is 2.26. The van der Waals surface area contributed by atoms with E-state index in [2.05, 4.69) is 15.3 Å². The Bertz CT molecular complexity index is 1050. The number of esters is 1. The van der Waals surface area contributed by atoms with Gasteiger partial charge in [0.2, 0.25) is 5.91 Å². The predicted octanol–water partition coefficient (Wildman–Crippen LogP) is 3.33. The topological polar surface area (TPSA) is 127 Å². The maximum Gasteiger partial charge on any atom is 0.341 e. The first-order valence-corrected chi connectivity index (χ1v) is 10.6. The van der Waals surface area contributed by atoms with Gasteiger partial charge in [0.15, 0.2) is 5.16 Å². The van der Waals surface area contributed by atoms with Crippen molar-refractivity contribution in [3.8, 4) is 0 Å². The number of amides is 2. The number of nitrogens with zero attached hydrogens (tertiary/aromatic N) is 1. The maximum absolute atomic E-state index is 12.5. The van der Waals surface area contributed by atoms with E-state index in [0.29, 0.717) is 10.7 Å². The molecule has 0 unspecified atom stereocenters. The van der Waals surface area contributed by atoms with Crippen LogP contribution in [-0.4, -0.2) is 39.6 Å². The van der Waals surface area contributed by atoms with Crippen LogP contribution in [0.15, 0.2) is 29.4 Å².